The van der Waals surface area contributed by atoms with Crippen LogP contribution in [0.3, 0.4) is 0 Å². The third-order valence-electron chi connectivity index (χ3n) is 7.67. The minimum absolute atomic E-state index is 0.795. The highest BCUT2D eigenvalue weighted by Gasteiger charge is 2.25. The first-order chi connectivity index (χ1) is 20.7. The molecule has 0 bridgehead atoms. The maximum Gasteiger partial charge on any atom is 0.151 e. The first-order valence-electron chi connectivity index (χ1n) is 14.1. The lowest BCUT2D eigenvalue weighted by molar-refractivity contribution is 0.477. The second-order valence-corrected chi connectivity index (χ2v) is 11.0. The topological polar surface area (TPSA) is 15.7 Å². The zero-order valence-electron chi connectivity index (χ0n) is 23.3. The molecule has 1 aliphatic rings. The van der Waals surface area contributed by atoms with Crippen molar-refractivity contribution in [1.82, 2.24) is 0 Å². The lowest BCUT2D eigenvalue weighted by Gasteiger charge is -2.32. The molecule has 0 saturated carbocycles. The van der Waals surface area contributed by atoms with Gasteiger partial charge >= 0.3 is 0 Å². The molecule has 0 unspecified atom stereocenters. The van der Waals surface area contributed by atoms with Gasteiger partial charge in [-0.05, 0) is 91.2 Å². The van der Waals surface area contributed by atoms with E-state index in [0.717, 1.165) is 56.9 Å². The second-order valence-electron chi connectivity index (χ2n) is 10.5. The third-order valence-corrected chi connectivity index (χ3v) is 8.05. The summed E-state index contributed by atoms with van der Waals surface area (Å²) < 4.78 is 6.20. The quantitative estimate of drug-likeness (QED) is 0.203. The Balaban J connectivity index is 1.25. The van der Waals surface area contributed by atoms with Crippen LogP contribution in [0.15, 0.2) is 150 Å². The number of nitrogens with zero attached hydrogens (tertiary/aromatic N) is 2. The van der Waals surface area contributed by atoms with Crippen molar-refractivity contribution in [3.63, 3.8) is 0 Å². The van der Waals surface area contributed by atoms with Crippen LogP contribution >= 0.6 is 12.6 Å². The molecular formula is C38H30N2OS. The minimum Gasteiger partial charge on any atom is -0.453 e. The molecule has 0 aliphatic carbocycles. The van der Waals surface area contributed by atoms with Crippen molar-refractivity contribution >= 4 is 46.8 Å². The molecule has 0 N–H and O–H groups in total. The Labute approximate surface area is 252 Å². The smallest absolute Gasteiger partial charge is 0.151 e. The zero-order valence-corrected chi connectivity index (χ0v) is 24.2. The first-order valence-corrected chi connectivity index (χ1v) is 14.6. The fourth-order valence-electron chi connectivity index (χ4n) is 5.60. The highest BCUT2D eigenvalue weighted by molar-refractivity contribution is 7.80. The molecule has 0 amide bonds. The fraction of sp³-hybridized carbons (Fsp3) is 0.0526. The predicted molar refractivity (Wildman–Crippen MR) is 177 cm³/mol. The van der Waals surface area contributed by atoms with E-state index in [-0.39, 0.29) is 0 Å². The molecule has 42 heavy (non-hydrogen) atoms. The van der Waals surface area contributed by atoms with Gasteiger partial charge in [-0.2, -0.15) is 0 Å². The molecule has 204 valence electrons. The summed E-state index contributed by atoms with van der Waals surface area (Å²) >= 11 is 4.84. The van der Waals surface area contributed by atoms with E-state index in [1.165, 1.54) is 16.7 Å². The fourth-order valence-corrected chi connectivity index (χ4v) is 5.86. The third kappa shape index (κ3) is 4.91. The summed E-state index contributed by atoms with van der Waals surface area (Å²) in [6.45, 7) is 2.12. The normalized spacial score (nSPS) is 11.8. The van der Waals surface area contributed by atoms with Gasteiger partial charge in [-0.15, -0.1) is 12.6 Å². The van der Waals surface area contributed by atoms with Gasteiger partial charge in [-0.3, -0.25) is 0 Å². The molecule has 0 radical (unpaired) electrons. The van der Waals surface area contributed by atoms with Crippen LogP contribution in [0.2, 0.25) is 0 Å². The number of aryl methyl sites for hydroxylation is 1. The summed E-state index contributed by atoms with van der Waals surface area (Å²) in [6, 6.07) is 50.9. The molecule has 0 atom stereocenters. The van der Waals surface area contributed by atoms with E-state index in [2.05, 4.69) is 126 Å². The number of ether oxygens (including phenoxy) is 1. The van der Waals surface area contributed by atoms with Gasteiger partial charge in [0, 0.05) is 22.0 Å². The lowest BCUT2D eigenvalue weighted by atomic mass is 10.0. The van der Waals surface area contributed by atoms with E-state index in [0.29, 0.717) is 0 Å². The average Bonchev–Trinajstić information content (AvgIpc) is 3.03. The van der Waals surface area contributed by atoms with Crippen LogP contribution < -0.4 is 14.5 Å². The van der Waals surface area contributed by atoms with Gasteiger partial charge < -0.3 is 14.5 Å². The van der Waals surface area contributed by atoms with E-state index < -0.39 is 0 Å². The highest BCUT2D eigenvalue weighted by Crippen LogP contribution is 2.50. The van der Waals surface area contributed by atoms with Gasteiger partial charge in [0.25, 0.3) is 0 Å². The number of benzene rings is 6. The largest absolute Gasteiger partial charge is 0.453 e. The van der Waals surface area contributed by atoms with E-state index in [4.69, 9.17) is 17.4 Å². The maximum atomic E-state index is 6.20. The van der Waals surface area contributed by atoms with Crippen LogP contribution in [0.1, 0.15) is 16.7 Å². The number of hydrogen-bond acceptors (Lipinski definition) is 4. The zero-order chi connectivity index (χ0) is 28.5. The average molecular weight is 563 g/mol. The summed E-state index contributed by atoms with van der Waals surface area (Å²) in [6.07, 6.45) is 0.795. The molecule has 4 heteroatoms. The Morgan fingerprint density at radius 2 is 1.17 bits per heavy atom. The maximum absolute atomic E-state index is 6.20. The monoisotopic (exact) mass is 562 g/mol. The van der Waals surface area contributed by atoms with Crippen LogP contribution in [0.4, 0.5) is 34.1 Å². The van der Waals surface area contributed by atoms with Crippen molar-refractivity contribution in [2.24, 2.45) is 0 Å². The lowest BCUT2D eigenvalue weighted by Crippen LogP contribution is -2.15. The molecule has 7 rings (SSSR count). The number of fused-ring (bicyclic) bond motifs is 2. The molecule has 0 fully saturated rings. The Morgan fingerprint density at radius 3 is 1.83 bits per heavy atom. The van der Waals surface area contributed by atoms with Crippen LogP contribution in [-0.4, -0.2) is 0 Å². The van der Waals surface area contributed by atoms with E-state index in [1.54, 1.807) is 0 Å². The number of anilines is 6. The summed E-state index contributed by atoms with van der Waals surface area (Å²) in [5, 5.41) is 0. The van der Waals surface area contributed by atoms with Crippen LogP contribution in [0.5, 0.6) is 11.5 Å². The molecular weight excluding hydrogens is 532 g/mol. The first kappa shape index (κ1) is 26.0. The van der Waals surface area contributed by atoms with Gasteiger partial charge in [0.15, 0.2) is 11.5 Å². The van der Waals surface area contributed by atoms with Crippen LogP contribution in [0, 0.1) is 6.92 Å². The van der Waals surface area contributed by atoms with Gasteiger partial charge in [0.1, 0.15) is 0 Å². The van der Waals surface area contributed by atoms with Crippen LogP contribution in [0.25, 0.3) is 0 Å². The molecule has 0 saturated heterocycles. The Bertz CT molecular complexity index is 1820. The van der Waals surface area contributed by atoms with Crippen molar-refractivity contribution < 1.29 is 4.74 Å². The van der Waals surface area contributed by atoms with Gasteiger partial charge in [0.05, 0.1) is 17.1 Å². The number of para-hydroxylation sites is 6. The second kappa shape index (κ2) is 11.2. The van der Waals surface area contributed by atoms with Crippen molar-refractivity contribution in [2.45, 2.75) is 18.2 Å². The van der Waals surface area contributed by atoms with Crippen molar-refractivity contribution in [2.75, 3.05) is 9.80 Å². The number of thiol groups is 1. The Morgan fingerprint density at radius 1 is 0.595 bits per heavy atom. The van der Waals surface area contributed by atoms with E-state index in [9.17, 15) is 0 Å². The van der Waals surface area contributed by atoms with E-state index >= 15 is 0 Å². The van der Waals surface area contributed by atoms with Crippen molar-refractivity contribution in [1.29, 1.82) is 0 Å². The van der Waals surface area contributed by atoms with Crippen molar-refractivity contribution in [3.05, 3.63) is 162 Å². The molecule has 0 aromatic heterocycles. The standard InChI is InChI=1S/C38H30N2OS/c1-27-18-22-30(23-19-27)39(35-14-6-9-17-38(35)42)32-11-3-2-10-29(32)26-28-20-24-31(25-21-28)40-33-12-4-7-15-36(33)41-37-16-8-5-13-34(37)40/h2-25,42H,26H2,1H3. The van der Waals surface area contributed by atoms with Crippen molar-refractivity contribution in [3.8, 4) is 11.5 Å². The molecule has 0 spiro atoms. The summed E-state index contributed by atoms with van der Waals surface area (Å²) in [7, 11) is 0. The highest BCUT2D eigenvalue weighted by atomic mass is 32.1. The number of hydrogen-bond donors (Lipinski definition) is 1. The molecule has 6 aromatic rings. The Hall–Kier alpha value is -4.93. The van der Waals surface area contributed by atoms with Gasteiger partial charge in [-0.25, -0.2) is 0 Å². The summed E-state index contributed by atoms with van der Waals surface area (Å²) in [5.74, 6) is 1.71. The molecule has 3 nitrogen and oxygen atoms in total. The minimum atomic E-state index is 0.795. The summed E-state index contributed by atoms with van der Waals surface area (Å²) in [5.41, 5.74) is 10.2. The van der Waals surface area contributed by atoms with Crippen LogP contribution in [-0.2, 0) is 6.42 Å². The van der Waals surface area contributed by atoms with Gasteiger partial charge in [-0.1, -0.05) is 84.4 Å². The number of rotatable bonds is 6. The SMILES string of the molecule is Cc1ccc(N(c2ccccc2S)c2ccccc2Cc2ccc(N3c4ccccc4Oc4ccccc43)cc2)cc1. The van der Waals surface area contributed by atoms with Gasteiger partial charge in [0.2, 0.25) is 0 Å². The Kier molecular flexibility index (Phi) is 6.90. The molecule has 1 aliphatic heterocycles. The summed E-state index contributed by atoms with van der Waals surface area (Å²) in [4.78, 5) is 5.52. The van der Waals surface area contributed by atoms with E-state index in [1.807, 2.05) is 36.4 Å². The molecule has 6 aromatic carbocycles. The molecule has 1 heterocycles. The predicted octanol–water partition coefficient (Wildman–Crippen LogP) is 10.9.